The molecular formula is C16H37NO2. The Morgan fingerprint density at radius 2 is 1.21 bits per heavy atom. The van der Waals surface area contributed by atoms with Gasteiger partial charge in [0.15, 0.2) is 0 Å². The second kappa shape index (κ2) is 14.3. The van der Waals surface area contributed by atoms with E-state index < -0.39 is 5.60 Å². The summed E-state index contributed by atoms with van der Waals surface area (Å²) in [7, 11) is 0. The van der Waals surface area contributed by atoms with E-state index in [1.807, 2.05) is 0 Å². The van der Waals surface area contributed by atoms with Crippen LogP contribution in [0.25, 0.3) is 0 Å². The second-order valence-electron chi connectivity index (χ2n) is 6.05. The van der Waals surface area contributed by atoms with Gasteiger partial charge in [-0.3, -0.25) is 0 Å². The highest BCUT2D eigenvalue weighted by Gasteiger charge is 2.11. The number of ether oxygens (including phenoxy) is 1. The van der Waals surface area contributed by atoms with Gasteiger partial charge in [-0.1, -0.05) is 64.7 Å². The average molecular weight is 275 g/mol. The monoisotopic (exact) mass is 275 g/mol. The molecule has 3 heteroatoms. The van der Waals surface area contributed by atoms with Gasteiger partial charge in [0.1, 0.15) is 0 Å². The van der Waals surface area contributed by atoms with Crippen LogP contribution in [-0.2, 0) is 4.74 Å². The van der Waals surface area contributed by atoms with E-state index in [9.17, 15) is 5.11 Å². The molecule has 0 fully saturated rings. The number of hydrogen-bond acceptors (Lipinski definition) is 3. The van der Waals surface area contributed by atoms with Crippen LogP contribution < -0.4 is 6.15 Å². The minimum atomic E-state index is -0.682. The van der Waals surface area contributed by atoms with Crippen LogP contribution in [0.15, 0.2) is 0 Å². The van der Waals surface area contributed by atoms with Crippen LogP contribution in [0.1, 0.15) is 85.0 Å². The van der Waals surface area contributed by atoms with Crippen LogP contribution in [0, 0.1) is 0 Å². The molecule has 0 saturated heterocycles. The topological polar surface area (TPSA) is 64.5 Å². The summed E-state index contributed by atoms with van der Waals surface area (Å²) in [6.07, 6.45) is 13.5. The highest BCUT2D eigenvalue weighted by atomic mass is 16.5. The molecule has 0 radical (unpaired) electrons. The standard InChI is InChI=1S/C16H34O2.H3N/c1-4-5-6-7-8-9-10-11-12-13-14-18-15-16(2,3)17;/h17H,4-15H2,1-3H3;1H3. The molecule has 0 aliphatic rings. The van der Waals surface area contributed by atoms with Gasteiger partial charge in [-0.15, -0.1) is 0 Å². The predicted octanol–water partition coefficient (Wildman–Crippen LogP) is 4.86. The van der Waals surface area contributed by atoms with E-state index in [1.54, 1.807) is 13.8 Å². The van der Waals surface area contributed by atoms with E-state index in [1.165, 1.54) is 57.8 Å². The highest BCUT2D eigenvalue weighted by Crippen LogP contribution is 2.10. The summed E-state index contributed by atoms with van der Waals surface area (Å²) < 4.78 is 5.42. The maximum Gasteiger partial charge on any atom is 0.0824 e. The maximum absolute atomic E-state index is 9.45. The first-order valence-electron chi connectivity index (χ1n) is 7.86. The quantitative estimate of drug-likeness (QED) is 0.472. The Bertz CT molecular complexity index is 167. The van der Waals surface area contributed by atoms with Gasteiger partial charge in [0, 0.05) is 6.61 Å². The molecule has 0 rings (SSSR count). The van der Waals surface area contributed by atoms with Crippen molar-refractivity contribution >= 4 is 0 Å². The SMILES string of the molecule is CCCCCCCCCCCCOCC(C)(C)O.N. The minimum Gasteiger partial charge on any atom is -0.388 e. The molecule has 0 saturated carbocycles. The molecule has 0 aromatic heterocycles. The lowest BCUT2D eigenvalue weighted by Crippen LogP contribution is -2.26. The van der Waals surface area contributed by atoms with Crippen molar-refractivity contribution in [3.63, 3.8) is 0 Å². The van der Waals surface area contributed by atoms with Crippen LogP contribution in [0.5, 0.6) is 0 Å². The summed E-state index contributed by atoms with van der Waals surface area (Å²) in [5, 5.41) is 9.45. The van der Waals surface area contributed by atoms with Crippen molar-refractivity contribution in [2.75, 3.05) is 13.2 Å². The Morgan fingerprint density at radius 1 is 0.789 bits per heavy atom. The second-order valence-corrected chi connectivity index (χ2v) is 6.05. The normalized spacial score (nSPS) is 11.4. The van der Waals surface area contributed by atoms with Crippen LogP contribution in [-0.4, -0.2) is 23.9 Å². The average Bonchev–Trinajstić information content (AvgIpc) is 2.29. The third-order valence-corrected chi connectivity index (χ3v) is 3.10. The third-order valence-electron chi connectivity index (χ3n) is 3.10. The van der Waals surface area contributed by atoms with Crippen molar-refractivity contribution in [2.24, 2.45) is 0 Å². The molecule has 0 bridgehead atoms. The molecule has 0 heterocycles. The van der Waals surface area contributed by atoms with Gasteiger partial charge in [0.25, 0.3) is 0 Å². The van der Waals surface area contributed by atoms with Crippen molar-refractivity contribution in [3.8, 4) is 0 Å². The van der Waals surface area contributed by atoms with Gasteiger partial charge in [0.2, 0.25) is 0 Å². The van der Waals surface area contributed by atoms with E-state index >= 15 is 0 Å². The molecular weight excluding hydrogens is 238 g/mol. The zero-order chi connectivity index (χ0) is 13.7. The lowest BCUT2D eigenvalue weighted by molar-refractivity contribution is -0.0216. The molecule has 0 spiro atoms. The summed E-state index contributed by atoms with van der Waals surface area (Å²) >= 11 is 0. The van der Waals surface area contributed by atoms with Crippen molar-refractivity contribution in [1.29, 1.82) is 0 Å². The largest absolute Gasteiger partial charge is 0.388 e. The Kier molecular flexibility index (Phi) is 15.9. The predicted molar refractivity (Wildman–Crippen MR) is 84.0 cm³/mol. The van der Waals surface area contributed by atoms with Gasteiger partial charge >= 0.3 is 0 Å². The Hall–Kier alpha value is -0.120. The van der Waals surface area contributed by atoms with Crippen molar-refractivity contribution in [1.82, 2.24) is 6.15 Å². The minimum absolute atomic E-state index is 0. The zero-order valence-corrected chi connectivity index (χ0v) is 13.5. The van der Waals surface area contributed by atoms with Gasteiger partial charge in [0.05, 0.1) is 12.2 Å². The third kappa shape index (κ3) is 20.4. The first-order chi connectivity index (χ1) is 8.56. The van der Waals surface area contributed by atoms with E-state index in [2.05, 4.69) is 6.92 Å². The lowest BCUT2D eigenvalue weighted by atomic mass is 10.1. The molecule has 0 aromatic carbocycles. The van der Waals surface area contributed by atoms with Crippen LogP contribution >= 0.6 is 0 Å². The number of aliphatic hydroxyl groups is 1. The molecule has 0 unspecified atom stereocenters. The molecule has 19 heavy (non-hydrogen) atoms. The van der Waals surface area contributed by atoms with Crippen molar-refractivity contribution in [2.45, 2.75) is 90.6 Å². The van der Waals surface area contributed by atoms with Gasteiger partial charge in [-0.25, -0.2) is 0 Å². The summed E-state index contributed by atoms with van der Waals surface area (Å²) in [6.45, 7) is 7.07. The molecule has 4 N–H and O–H groups in total. The fraction of sp³-hybridized carbons (Fsp3) is 1.00. The van der Waals surface area contributed by atoms with Gasteiger partial charge in [-0.05, 0) is 20.3 Å². The Labute approximate surface area is 120 Å². The van der Waals surface area contributed by atoms with E-state index in [0.29, 0.717) is 6.61 Å². The summed E-state index contributed by atoms with van der Waals surface area (Å²) in [4.78, 5) is 0. The molecule has 0 aliphatic heterocycles. The molecule has 0 atom stereocenters. The Morgan fingerprint density at radius 3 is 1.63 bits per heavy atom. The van der Waals surface area contributed by atoms with E-state index in [-0.39, 0.29) is 6.15 Å². The molecule has 3 nitrogen and oxygen atoms in total. The zero-order valence-electron chi connectivity index (χ0n) is 13.5. The molecule has 0 aromatic rings. The van der Waals surface area contributed by atoms with E-state index in [0.717, 1.165) is 13.0 Å². The van der Waals surface area contributed by atoms with Crippen LogP contribution in [0.2, 0.25) is 0 Å². The highest BCUT2D eigenvalue weighted by molar-refractivity contribution is 4.62. The van der Waals surface area contributed by atoms with Crippen molar-refractivity contribution < 1.29 is 9.84 Å². The molecule has 0 amide bonds. The van der Waals surface area contributed by atoms with Gasteiger partial charge < -0.3 is 16.0 Å². The molecule has 118 valence electrons. The fourth-order valence-corrected chi connectivity index (χ4v) is 2.01. The lowest BCUT2D eigenvalue weighted by Gasteiger charge is -2.16. The number of unbranched alkanes of at least 4 members (excludes halogenated alkanes) is 9. The summed E-state index contributed by atoms with van der Waals surface area (Å²) in [5.41, 5.74) is -0.682. The smallest absolute Gasteiger partial charge is 0.0824 e. The van der Waals surface area contributed by atoms with Crippen LogP contribution in [0.4, 0.5) is 0 Å². The summed E-state index contributed by atoms with van der Waals surface area (Å²) in [5.74, 6) is 0. The fourth-order valence-electron chi connectivity index (χ4n) is 2.01. The van der Waals surface area contributed by atoms with Crippen LogP contribution in [0.3, 0.4) is 0 Å². The van der Waals surface area contributed by atoms with Crippen molar-refractivity contribution in [3.05, 3.63) is 0 Å². The summed E-state index contributed by atoms with van der Waals surface area (Å²) in [6, 6.07) is 0. The van der Waals surface area contributed by atoms with Gasteiger partial charge in [-0.2, -0.15) is 0 Å². The Balaban J connectivity index is 0. The molecule has 0 aliphatic carbocycles. The number of rotatable bonds is 13. The number of hydrogen-bond donors (Lipinski definition) is 2. The maximum atomic E-state index is 9.45. The first kappa shape index (κ1) is 21.2. The van der Waals surface area contributed by atoms with E-state index in [4.69, 9.17) is 4.74 Å². The first-order valence-corrected chi connectivity index (χ1v) is 7.86.